The third-order valence-corrected chi connectivity index (χ3v) is 3.05. The van der Waals surface area contributed by atoms with Crippen LogP contribution in [0.4, 0.5) is 0 Å². The molecule has 0 aromatic carbocycles. The van der Waals surface area contributed by atoms with Crippen molar-refractivity contribution in [2.75, 3.05) is 6.61 Å². The van der Waals surface area contributed by atoms with Crippen LogP contribution in [0.2, 0.25) is 0 Å². The molecule has 1 saturated heterocycles. The van der Waals surface area contributed by atoms with Gasteiger partial charge in [-0.1, -0.05) is 0 Å². The average Bonchev–Trinajstić information content (AvgIpc) is 2.24. The molecule has 0 spiro atoms. The summed E-state index contributed by atoms with van der Waals surface area (Å²) in [4.78, 5) is 0. The minimum atomic E-state index is -2.87. The van der Waals surface area contributed by atoms with Crippen LogP contribution in [-0.2, 0) is 9.30 Å². The van der Waals surface area contributed by atoms with Crippen LogP contribution in [0.5, 0.6) is 0 Å². The number of ether oxygens (including phenoxy) is 1. The van der Waals surface area contributed by atoms with Crippen molar-refractivity contribution in [2.24, 2.45) is 5.92 Å². The summed E-state index contributed by atoms with van der Waals surface area (Å²) >= 11 is 0. The summed E-state index contributed by atoms with van der Waals surface area (Å²) in [6, 6.07) is 0. The number of hydrogen-bond acceptors (Lipinski definition) is 8. The molecule has 1 heterocycles. The van der Waals surface area contributed by atoms with E-state index in [1.54, 1.807) is 0 Å². The Morgan fingerprint density at radius 3 is 2.19 bits per heavy atom. The molecule has 1 rings (SSSR count). The molecule has 8 nitrogen and oxygen atoms in total. The van der Waals surface area contributed by atoms with Gasteiger partial charge in [-0.25, -0.2) is 0 Å². The summed E-state index contributed by atoms with van der Waals surface area (Å²) in [5.74, 6) is -1.62. The summed E-state index contributed by atoms with van der Waals surface area (Å²) < 4.78 is 15.2. The summed E-state index contributed by atoms with van der Waals surface area (Å²) in [5.41, 5.74) is -2.87. The fourth-order valence-corrected chi connectivity index (χ4v) is 2.08. The van der Waals surface area contributed by atoms with Crippen molar-refractivity contribution in [3.05, 3.63) is 0 Å². The Balaban J connectivity index is 2.98. The van der Waals surface area contributed by atoms with Gasteiger partial charge in [0.2, 0.25) is 8.46 Å². The summed E-state index contributed by atoms with van der Waals surface area (Å²) in [7, 11) is -1.12. The molecule has 1 aliphatic rings. The molecule has 16 heavy (non-hydrogen) atoms. The lowest BCUT2D eigenvalue weighted by Crippen LogP contribution is -2.61. The second-order valence-corrected chi connectivity index (χ2v) is 4.37. The molecule has 5 atom stereocenters. The maximum absolute atomic E-state index is 10.5. The molecule has 5 unspecified atom stereocenters. The van der Waals surface area contributed by atoms with E-state index in [0.29, 0.717) is 0 Å². The first-order chi connectivity index (χ1) is 7.35. The minimum Gasteiger partial charge on any atom is -0.394 e. The topological polar surface area (TPSA) is 148 Å². The first-order valence-electron chi connectivity index (χ1n) is 4.45. The first kappa shape index (κ1) is 13.9. The van der Waals surface area contributed by atoms with E-state index < -0.39 is 51.1 Å². The Labute approximate surface area is 91.9 Å². The maximum Gasteiger partial charge on any atom is 0.254 e. The number of hydrogen-bond donors (Lipinski definition) is 6. The smallest absolute Gasteiger partial charge is 0.254 e. The highest BCUT2D eigenvalue weighted by atomic mass is 31.1. The molecule has 0 bridgehead atoms. The largest absolute Gasteiger partial charge is 0.394 e. The SMILES string of the molecule is O=PC(O)(O)C1C(CO)OC(O)C(O)C1O. The second-order valence-electron chi connectivity index (χ2n) is 3.53. The fourth-order valence-electron chi connectivity index (χ4n) is 1.64. The van der Waals surface area contributed by atoms with Crippen molar-refractivity contribution in [3.63, 3.8) is 0 Å². The molecule has 9 heteroatoms. The van der Waals surface area contributed by atoms with Crippen molar-refractivity contribution in [1.82, 2.24) is 0 Å². The van der Waals surface area contributed by atoms with E-state index in [-0.39, 0.29) is 0 Å². The lowest BCUT2D eigenvalue weighted by atomic mass is 9.88. The van der Waals surface area contributed by atoms with Gasteiger partial charge in [0, 0.05) is 0 Å². The quantitative estimate of drug-likeness (QED) is 0.231. The zero-order valence-corrected chi connectivity index (χ0v) is 8.94. The van der Waals surface area contributed by atoms with Gasteiger partial charge in [-0.05, 0) is 0 Å². The third kappa shape index (κ3) is 2.39. The van der Waals surface area contributed by atoms with Crippen molar-refractivity contribution < 1.29 is 39.9 Å². The Hall–Kier alpha value is -0.180. The van der Waals surface area contributed by atoms with Crippen molar-refractivity contribution in [2.45, 2.75) is 30.1 Å². The van der Waals surface area contributed by atoms with Gasteiger partial charge in [-0.3, -0.25) is 4.57 Å². The summed E-state index contributed by atoms with van der Waals surface area (Å²) in [6.07, 6.45) is -6.70. The predicted molar refractivity (Wildman–Crippen MR) is 48.2 cm³/mol. The average molecular weight is 256 g/mol. The van der Waals surface area contributed by atoms with E-state index >= 15 is 0 Å². The second kappa shape index (κ2) is 4.99. The molecular weight excluding hydrogens is 243 g/mol. The van der Waals surface area contributed by atoms with Crippen molar-refractivity contribution in [3.8, 4) is 0 Å². The monoisotopic (exact) mass is 256 g/mol. The highest BCUT2D eigenvalue weighted by Crippen LogP contribution is 2.37. The highest BCUT2D eigenvalue weighted by Gasteiger charge is 2.53. The molecular formula is C7H13O8P. The molecule has 0 radical (unpaired) electrons. The zero-order chi connectivity index (χ0) is 12.5. The molecule has 1 fully saturated rings. The summed E-state index contributed by atoms with van der Waals surface area (Å²) in [6.45, 7) is -0.746. The van der Waals surface area contributed by atoms with Crippen LogP contribution in [0.15, 0.2) is 0 Å². The van der Waals surface area contributed by atoms with Crippen molar-refractivity contribution >= 4 is 8.46 Å². The van der Waals surface area contributed by atoms with E-state index in [1.807, 2.05) is 0 Å². The van der Waals surface area contributed by atoms with Crippen LogP contribution >= 0.6 is 8.46 Å². The molecule has 0 aliphatic carbocycles. The lowest BCUT2D eigenvalue weighted by Gasteiger charge is -2.43. The fraction of sp³-hybridized carbons (Fsp3) is 1.00. The molecule has 0 aromatic heterocycles. The van der Waals surface area contributed by atoms with Crippen LogP contribution < -0.4 is 0 Å². The Morgan fingerprint density at radius 1 is 1.19 bits per heavy atom. The molecule has 6 N–H and O–H groups in total. The van der Waals surface area contributed by atoms with Crippen LogP contribution in [-0.4, -0.2) is 67.4 Å². The molecule has 1 aliphatic heterocycles. The van der Waals surface area contributed by atoms with Gasteiger partial charge in [0.25, 0.3) is 5.53 Å². The standard InChI is InChI=1S/C7H13O8P/c8-1-2-3(7(12,13)16-14)4(9)5(10)6(11)15-2/h2-6,8-13H,1H2. The van der Waals surface area contributed by atoms with Gasteiger partial charge in [0.15, 0.2) is 6.29 Å². The van der Waals surface area contributed by atoms with E-state index in [2.05, 4.69) is 4.74 Å². The third-order valence-electron chi connectivity index (χ3n) is 2.49. The van der Waals surface area contributed by atoms with E-state index in [9.17, 15) is 25.0 Å². The van der Waals surface area contributed by atoms with Crippen LogP contribution in [0.3, 0.4) is 0 Å². The van der Waals surface area contributed by atoms with Gasteiger partial charge in [-0.2, -0.15) is 0 Å². The lowest BCUT2D eigenvalue weighted by molar-refractivity contribution is -0.310. The van der Waals surface area contributed by atoms with Crippen LogP contribution in [0.1, 0.15) is 0 Å². The Kier molecular flexibility index (Phi) is 4.33. The van der Waals surface area contributed by atoms with Crippen LogP contribution in [0, 0.1) is 5.92 Å². The number of rotatable bonds is 3. The first-order valence-corrected chi connectivity index (χ1v) is 5.26. The molecule has 0 aromatic rings. The van der Waals surface area contributed by atoms with Gasteiger partial charge >= 0.3 is 0 Å². The van der Waals surface area contributed by atoms with Gasteiger partial charge in [-0.15, -0.1) is 0 Å². The van der Waals surface area contributed by atoms with Gasteiger partial charge < -0.3 is 35.4 Å². The number of aliphatic hydroxyl groups is 6. The van der Waals surface area contributed by atoms with Crippen LogP contribution in [0.25, 0.3) is 0 Å². The van der Waals surface area contributed by atoms with E-state index in [0.717, 1.165) is 0 Å². The normalized spacial score (nSPS) is 41.2. The summed E-state index contributed by atoms with van der Waals surface area (Å²) in [5, 5.41) is 55.4. The minimum absolute atomic E-state index is 0.746. The molecule has 0 amide bonds. The predicted octanol–water partition coefficient (Wildman–Crippen LogP) is -3.04. The van der Waals surface area contributed by atoms with Crippen molar-refractivity contribution in [1.29, 1.82) is 0 Å². The van der Waals surface area contributed by atoms with E-state index in [4.69, 9.17) is 10.2 Å². The highest BCUT2D eigenvalue weighted by molar-refractivity contribution is 7.25. The molecule has 94 valence electrons. The molecule has 0 saturated carbocycles. The maximum atomic E-state index is 10.5. The Morgan fingerprint density at radius 2 is 1.75 bits per heavy atom. The van der Waals surface area contributed by atoms with E-state index in [1.165, 1.54) is 0 Å². The zero-order valence-electron chi connectivity index (χ0n) is 8.04. The van der Waals surface area contributed by atoms with Gasteiger partial charge in [0.1, 0.15) is 6.10 Å². The number of aliphatic hydroxyl groups excluding tert-OH is 4. The van der Waals surface area contributed by atoms with Gasteiger partial charge in [0.05, 0.1) is 24.7 Å². The Bertz CT molecular complexity index is 257.